The van der Waals surface area contributed by atoms with Crippen molar-refractivity contribution in [3.63, 3.8) is 0 Å². The van der Waals surface area contributed by atoms with E-state index >= 15 is 0 Å². The second kappa shape index (κ2) is 6.16. The normalized spacial score (nSPS) is 22.5. The van der Waals surface area contributed by atoms with Crippen LogP contribution in [0.3, 0.4) is 0 Å². The van der Waals surface area contributed by atoms with E-state index in [0.717, 1.165) is 13.1 Å². The monoisotopic (exact) mass is 277 g/mol. The number of rotatable bonds is 3. The summed E-state index contributed by atoms with van der Waals surface area (Å²) in [7, 11) is 3.15. The van der Waals surface area contributed by atoms with Crippen LogP contribution >= 0.6 is 0 Å². The molecule has 0 bridgehead atoms. The largest absolute Gasteiger partial charge is 0.493 e. The molecule has 0 spiro atoms. The summed E-state index contributed by atoms with van der Waals surface area (Å²) in [5.74, 6) is 2.22. The van der Waals surface area contributed by atoms with E-state index < -0.39 is 0 Å². The molecule has 4 nitrogen and oxygen atoms in total. The minimum Gasteiger partial charge on any atom is -0.493 e. The highest BCUT2D eigenvalue weighted by Gasteiger charge is 2.28. The predicted octanol–water partition coefficient (Wildman–Crippen LogP) is 2.82. The van der Waals surface area contributed by atoms with Crippen molar-refractivity contribution < 1.29 is 14.3 Å². The molecule has 1 saturated heterocycles. The fourth-order valence-electron chi connectivity index (χ4n) is 3.05. The molecule has 0 aromatic heterocycles. The van der Waals surface area contributed by atoms with Gasteiger partial charge in [0, 0.05) is 13.1 Å². The van der Waals surface area contributed by atoms with E-state index in [0.29, 0.717) is 28.9 Å². The first-order chi connectivity index (χ1) is 9.56. The summed E-state index contributed by atoms with van der Waals surface area (Å²) in [5, 5.41) is 0. The van der Waals surface area contributed by atoms with Gasteiger partial charge in [-0.3, -0.25) is 4.79 Å². The van der Waals surface area contributed by atoms with Crippen molar-refractivity contribution in [3.05, 3.63) is 23.8 Å². The maximum atomic E-state index is 12.7. The van der Waals surface area contributed by atoms with Crippen molar-refractivity contribution >= 4 is 5.91 Å². The molecule has 2 unspecified atom stereocenters. The topological polar surface area (TPSA) is 38.8 Å². The van der Waals surface area contributed by atoms with Gasteiger partial charge in [-0.15, -0.1) is 0 Å². The third kappa shape index (κ3) is 2.89. The zero-order valence-electron chi connectivity index (χ0n) is 12.7. The van der Waals surface area contributed by atoms with Crippen LogP contribution in [-0.4, -0.2) is 38.1 Å². The quantitative estimate of drug-likeness (QED) is 0.852. The van der Waals surface area contributed by atoms with Crippen LogP contribution < -0.4 is 9.47 Å². The number of hydrogen-bond acceptors (Lipinski definition) is 3. The van der Waals surface area contributed by atoms with Gasteiger partial charge in [0.05, 0.1) is 19.8 Å². The summed E-state index contributed by atoms with van der Waals surface area (Å²) in [6.45, 7) is 6.00. The van der Waals surface area contributed by atoms with Gasteiger partial charge in [0.25, 0.3) is 5.91 Å². The fourth-order valence-corrected chi connectivity index (χ4v) is 3.05. The average molecular weight is 277 g/mol. The molecule has 0 radical (unpaired) electrons. The maximum Gasteiger partial charge on any atom is 0.257 e. The van der Waals surface area contributed by atoms with Crippen molar-refractivity contribution in [1.29, 1.82) is 0 Å². The number of nitrogens with zero attached hydrogens (tertiary/aromatic N) is 1. The number of amides is 1. The van der Waals surface area contributed by atoms with Gasteiger partial charge in [0.2, 0.25) is 0 Å². The van der Waals surface area contributed by atoms with E-state index in [1.807, 2.05) is 11.0 Å². The Morgan fingerprint density at radius 1 is 1.15 bits per heavy atom. The molecule has 4 heteroatoms. The van der Waals surface area contributed by atoms with Gasteiger partial charge < -0.3 is 14.4 Å². The molecule has 1 aliphatic heterocycles. The summed E-state index contributed by atoms with van der Waals surface area (Å²) < 4.78 is 10.6. The van der Waals surface area contributed by atoms with Gasteiger partial charge >= 0.3 is 0 Å². The van der Waals surface area contributed by atoms with E-state index in [1.54, 1.807) is 26.4 Å². The van der Waals surface area contributed by atoms with Crippen molar-refractivity contribution in [2.45, 2.75) is 20.3 Å². The molecule has 20 heavy (non-hydrogen) atoms. The zero-order chi connectivity index (χ0) is 14.7. The molecule has 110 valence electrons. The van der Waals surface area contributed by atoms with Crippen molar-refractivity contribution in [1.82, 2.24) is 4.90 Å². The SMILES string of the molecule is COc1cccc(C(=O)N2CC(C)CC(C)C2)c1OC. The third-order valence-corrected chi connectivity index (χ3v) is 3.79. The van der Waals surface area contributed by atoms with E-state index in [4.69, 9.17) is 9.47 Å². The van der Waals surface area contributed by atoms with E-state index in [-0.39, 0.29) is 5.91 Å². The number of carbonyl (C=O) groups is 1. The molecule has 2 rings (SSSR count). The number of methoxy groups -OCH3 is 2. The van der Waals surface area contributed by atoms with Gasteiger partial charge in [-0.1, -0.05) is 19.9 Å². The number of likely N-dealkylation sites (tertiary alicyclic amines) is 1. The summed E-state index contributed by atoms with van der Waals surface area (Å²) in [5.41, 5.74) is 0.577. The van der Waals surface area contributed by atoms with Gasteiger partial charge in [0.15, 0.2) is 11.5 Å². The number of ether oxygens (including phenoxy) is 2. The molecule has 1 aliphatic rings. The minimum absolute atomic E-state index is 0.0270. The van der Waals surface area contributed by atoms with Crippen LogP contribution in [0, 0.1) is 11.8 Å². The number of benzene rings is 1. The first-order valence-corrected chi connectivity index (χ1v) is 7.07. The second-order valence-electron chi connectivity index (χ2n) is 5.70. The second-order valence-corrected chi connectivity index (χ2v) is 5.70. The van der Waals surface area contributed by atoms with Crippen LogP contribution in [0.2, 0.25) is 0 Å². The number of para-hydroxylation sites is 1. The van der Waals surface area contributed by atoms with Gasteiger partial charge in [-0.25, -0.2) is 0 Å². The molecule has 1 aromatic rings. The summed E-state index contributed by atoms with van der Waals surface area (Å²) in [6.07, 6.45) is 1.18. The summed E-state index contributed by atoms with van der Waals surface area (Å²) in [4.78, 5) is 14.7. The highest BCUT2D eigenvalue weighted by Crippen LogP contribution is 2.32. The lowest BCUT2D eigenvalue weighted by Gasteiger charge is -2.35. The molecule has 2 atom stereocenters. The standard InChI is InChI=1S/C16H23NO3/c1-11-8-12(2)10-17(9-11)16(18)13-6-5-7-14(19-3)15(13)20-4/h5-7,11-12H,8-10H2,1-4H3. The predicted molar refractivity (Wildman–Crippen MR) is 78.4 cm³/mol. The highest BCUT2D eigenvalue weighted by atomic mass is 16.5. The fraction of sp³-hybridized carbons (Fsp3) is 0.562. The molecule has 1 fully saturated rings. The van der Waals surface area contributed by atoms with Crippen molar-refractivity contribution in [3.8, 4) is 11.5 Å². The molecular formula is C16H23NO3. The van der Waals surface area contributed by atoms with Crippen LogP contribution in [0.1, 0.15) is 30.6 Å². The van der Waals surface area contributed by atoms with Crippen LogP contribution in [0.15, 0.2) is 18.2 Å². The summed E-state index contributed by atoms with van der Waals surface area (Å²) in [6, 6.07) is 5.43. The number of hydrogen-bond donors (Lipinski definition) is 0. The van der Waals surface area contributed by atoms with Crippen LogP contribution in [0.25, 0.3) is 0 Å². The molecule has 0 N–H and O–H groups in total. The first kappa shape index (κ1) is 14.7. The van der Waals surface area contributed by atoms with Gasteiger partial charge in [-0.2, -0.15) is 0 Å². The Hall–Kier alpha value is -1.71. The van der Waals surface area contributed by atoms with Crippen molar-refractivity contribution in [2.24, 2.45) is 11.8 Å². The van der Waals surface area contributed by atoms with Gasteiger partial charge in [0.1, 0.15) is 0 Å². The molecule has 1 amide bonds. The van der Waals surface area contributed by atoms with E-state index in [2.05, 4.69) is 13.8 Å². The lowest BCUT2D eigenvalue weighted by Crippen LogP contribution is -2.42. The van der Waals surface area contributed by atoms with Crippen LogP contribution in [-0.2, 0) is 0 Å². The Kier molecular flexibility index (Phi) is 4.53. The number of piperidine rings is 1. The number of carbonyl (C=O) groups excluding carboxylic acids is 1. The highest BCUT2D eigenvalue weighted by molar-refractivity contribution is 5.97. The minimum atomic E-state index is 0.0270. The smallest absolute Gasteiger partial charge is 0.257 e. The van der Waals surface area contributed by atoms with Gasteiger partial charge in [-0.05, 0) is 30.4 Å². The van der Waals surface area contributed by atoms with E-state index in [1.165, 1.54) is 6.42 Å². The Morgan fingerprint density at radius 2 is 1.80 bits per heavy atom. The summed E-state index contributed by atoms with van der Waals surface area (Å²) >= 11 is 0. The Labute approximate surface area is 120 Å². The van der Waals surface area contributed by atoms with Crippen LogP contribution in [0.4, 0.5) is 0 Å². The molecule has 1 heterocycles. The Balaban J connectivity index is 2.29. The third-order valence-electron chi connectivity index (χ3n) is 3.79. The molecule has 0 saturated carbocycles. The zero-order valence-corrected chi connectivity index (χ0v) is 12.7. The Morgan fingerprint density at radius 3 is 2.35 bits per heavy atom. The average Bonchev–Trinajstić information content (AvgIpc) is 2.44. The Bertz CT molecular complexity index is 477. The van der Waals surface area contributed by atoms with Crippen molar-refractivity contribution in [2.75, 3.05) is 27.3 Å². The molecule has 0 aliphatic carbocycles. The van der Waals surface area contributed by atoms with E-state index in [9.17, 15) is 4.79 Å². The lowest BCUT2D eigenvalue weighted by molar-refractivity contribution is 0.0619. The molecular weight excluding hydrogens is 254 g/mol. The lowest BCUT2D eigenvalue weighted by atomic mass is 9.91. The first-order valence-electron chi connectivity index (χ1n) is 7.07. The van der Waals surface area contributed by atoms with Crippen LogP contribution in [0.5, 0.6) is 11.5 Å². The maximum absolute atomic E-state index is 12.7. The molecule has 1 aromatic carbocycles.